The number of carbonyl (C=O) groups is 1. The van der Waals surface area contributed by atoms with Crippen LogP contribution in [0.15, 0.2) is 41.4 Å². The minimum absolute atomic E-state index is 0.00368. The molecule has 0 radical (unpaired) electrons. The molecule has 0 bridgehead atoms. The van der Waals surface area contributed by atoms with Gasteiger partial charge >= 0.3 is 0 Å². The Kier molecular flexibility index (Phi) is 4.53. The van der Waals surface area contributed by atoms with Gasteiger partial charge in [-0.25, -0.2) is 23.5 Å². The van der Waals surface area contributed by atoms with Crippen molar-refractivity contribution < 1.29 is 13.2 Å². The van der Waals surface area contributed by atoms with Crippen LogP contribution in [0, 0.1) is 6.92 Å². The second-order valence-corrected chi connectivity index (χ2v) is 6.36. The number of nitrogens with two attached hydrogens (primary N) is 1. The molecule has 2 rings (SSSR count). The van der Waals surface area contributed by atoms with Crippen LogP contribution < -0.4 is 10.5 Å². The molecule has 7 nitrogen and oxygen atoms in total. The predicted octanol–water partition coefficient (Wildman–Crippen LogP) is 0.923. The van der Waals surface area contributed by atoms with E-state index in [1.807, 2.05) is 0 Å². The van der Waals surface area contributed by atoms with Crippen molar-refractivity contribution >= 4 is 15.9 Å². The van der Waals surface area contributed by atoms with Crippen molar-refractivity contribution in [2.24, 2.45) is 5.14 Å². The van der Waals surface area contributed by atoms with Crippen LogP contribution in [-0.2, 0) is 10.0 Å². The number of nitrogens with one attached hydrogen (secondary N) is 1. The highest BCUT2D eigenvalue weighted by atomic mass is 32.2. The van der Waals surface area contributed by atoms with Crippen LogP contribution in [0.5, 0.6) is 0 Å². The van der Waals surface area contributed by atoms with Crippen molar-refractivity contribution in [1.29, 1.82) is 0 Å². The fourth-order valence-electron chi connectivity index (χ4n) is 1.90. The SMILES string of the molecule is Cc1nccc(C(=O)NC(C)c2cccc(S(N)(=O)=O)c2)n1. The first-order chi connectivity index (χ1) is 10.3. The second kappa shape index (κ2) is 6.20. The summed E-state index contributed by atoms with van der Waals surface area (Å²) in [6, 6.07) is 7.24. The van der Waals surface area contributed by atoms with E-state index < -0.39 is 16.1 Å². The van der Waals surface area contributed by atoms with E-state index in [2.05, 4.69) is 15.3 Å². The average molecular weight is 320 g/mol. The van der Waals surface area contributed by atoms with Gasteiger partial charge in [-0.15, -0.1) is 0 Å². The molecular weight excluding hydrogens is 304 g/mol. The zero-order valence-electron chi connectivity index (χ0n) is 12.1. The Labute approximate surface area is 128 Å². The van der Waals surface area contributed by atoms with Crippen LogP contribution in [0.25, 0.3) is 0 Å². The lowest BCUT2D eigenvalue weighted by Gasteiger charge is -2.15. The first kappa shape index (κ1) is 16.1. The molecule has 0 aliphatic heterocycles. The van der Waals surface area contributed by atoms with Crippen LogP contribution in [0.3, 0.4) is 0 Å². The van der Waals surface area contributed by atoms with E-state index >= 15 is 0 Å². The third-order valence-corrected chi connectivity index (χ3v) is 3.95. The minimum Gasteiger partial charge on any atom is -0.344 e. The fraction of sp³-hybridized carbons (Fsp3) is 0.214. The summed E-state index contributed by atoms with van der Waals surface area (Å²) in [4.78, 5) is 20.1. The second-order valence-electron chi connectivity index (χ2n) is 4.80. The van der Waals surface area contributed by atoms with Gasteiger partial charge in [-0.3, -0.25) is 4.79 Å². The highest BCUT2D eigenvalue weighted by molar-refractivity contribution is 7.89. The number of carbonyl (C=O) groups excluding carboxylic acids is 1. The summed E-state index contributed by atoms with van der Waals surface area (Å²) in [5.74, 6) is 0.135. The topological polar surface area (TPSA) is 115 Å². The minimum atomic E-state index is -3.78. The molecule has 0 aliphatic carbocycles. The number of benzene rings is 1. The van der Waals surface area contributed by atoms with Gasteiger partial charge in [-0.05, 0) is 37.6 Å². The van der Waals surface area contributed by atoms with Crippen molar-refractivity contribution in [3.05, 3.63) is 53.6 Å². The molecule has 1 heterocycles. The Morgan fingerprint density at radius 2 is 2.05 bits per heavy atom. The number of aromatic nitrogens is 2. The number of aryl methyl sites for hydroxylation is 1. The lowest BCUT2D eigenvalue weighted by molar-refractivity contribution is 0.0934. The normalized spacial score (nSPS) is 12.7. The molecule has 1 aromatic heterocycles. The summed E-state index contributed by atoms with van der Waals surface area (Å²) in [6.45, 7) is 3.43. The Morgan fingerprint density at radius 1 is 1.32 bits per heavy atom. The van der Waals surface area contributed by atoms with E-state index in [4.69, 9.17) is 5.14 Å². The number of sulfonamides is 1. The van der Waals surface area contributed by atoms with E-state index in [0.717, 1.165) is 0 Å². The van der Waals surface area contributed by atoms with Crippen LogP contribution >= 0.6 is 0 Å². The molecule has 0 saturated heterocycles. The molecule has 0 saturated carbocycles. The predicted molar refractivity (Wildman–Crippen MR) is 80.5 cm³/mol. The Balaban J connectivity index is 2.19. The van der Waals surface area contributed by atoms with Crippen molar-refractivity contribution in [3.63, 3.8) is 0 Å². The molecule has 116 valence electrons. The van der Waals surface area contributed by atoms with Crippen LogP contribution in [0.4, 0.5) is 0 Å². The van der Waals surface area contributed by atoms with Crippen LogP contribution in [-0.4, -0.2) is 24.3 Å². The van der Waals surface area contributed by atoms with E-state index in [9.17, 15) is 13.2 Å². The molecule has 0 fully saturated rings. The van der Waals surface area contributed by atoms with Gasteiger partial charge in [-0.2, -0.15) is 0 Å². The third-order valence-electron chi connectivity index (χ3n) is 3.04. The first-order valence-electron chi connectivity index (χ1n) is 6.50. The molecular formula is C14H16N4O3S. The largest absolute Gasteiger partial charge is 0.344 e. The lowest BCUT2D eigenvalue weighted by atomic mass is 10.1. The van der Waals surface area contributed by atoms with E-state index in [-0.39, 0.29) is 16.5 Å². The number of rotatable bonds is 4. The van der Waals surface area contributed by atoms with Crippen molar-refractivity contribution in [2.45, 2.75) is 24.8 Å². The monoisotopic (exact) mass is 320 g/mol. The molecule has 8 heteroatoms. The van der Waals surface area contributed by atoms with Crippen molar-refractivity contribution in [3.8, 4) is 0 Å². The highest BCUT2D eigenvalue weighted by Crippen LogP contribution is 2.17. The molecule has 1 aromatic carbocycles. The summed E-state index contributed by atoms with van der Waals surface area (Å²) < 4.78 is 22.7. The zero-order chi connectivity index (χ0) is 16.3. The van der Waals surface area contributed by atoms with Gasteiger partial charge in [0.1, 0.15) is 11.5 Å². The quantitative estimate of drug-likeness (QED) is 0.869. The maximum absolute atomic E-state index is 12.1. The van der Waals surface area contributed by atoms with Gasteiger partial charge in [0, 0.05) is 6.20 Å². The maximum Gasteiger partial charge on any atom is 0.270 e. The molecule has 1 amide bonds. The van der Waals surface area contributed by atoms with Crippen molar-refractivity contribution in [2.75, 3.05) is 0 Å². The van der Waals surface area contributed by atoms with Crippen LogP contribution in [0.1, 0.15) is 34.8 Å². The highest BCUT2D eigenvalue weighted by Gasteiger charge is 2.15. The van der Waals surface area contributed by atoms with E-state index in [0.29, 0.717) is 11.4 Å². The van der Waals surface area contributed by atoms with Crippen LogP contribution in [0.2, 0.25) is 0 Å². The van der Waals surface area contributed by atoms with Gasteiger partial charge in [-0.1, -0.05) is 12.1 Å². The van der Waals surface area contributed by atoms with Gasteiger partial charge in [0.15, 0.2) is 0 Å². The van der Waals surface area contributed by atoms with Gasteiger partial charge < -0.3 is 5.32 Å². The van der Waals surface area contributed by atoms with Gasteiger partial charge in [0.2, 0.25) is 10.0 Å². The van der Waals surface area contributed by atoms with Gasteiger partial charge in [0.05, 0.1) is 10.9 Å². The van der Waals surface area contributed by atoms with Crippen molar-refractivity contribution in [1.82, 2.24) is 15.3 Å². The summed E-state index contributed by atoms with van der Waals surface area (Å²) in [5.41, 5.74) is 0.882. The number of hydrogen-bond acceptors (Lipinski definition) is 5. The fourth-order valence-corrected chi connectivity index (χ4v) is 2.47. The average Bonchev–Trinajstić information content (AvgIpc) is 2.46. The van der Waals surface area contributed by atoms with E-state index in [1.54, 1.807) is 26.0 Å². The summed E-state index contributed by atoms with van der Waals surface area (Å²) in [5, 5.41) is 7.86. The lowest BCUT2D eigenvalue weighted by Crippen LogP contribution is -2.28. The Morgan fingerprint density at radius 3 is 2.68 bits per heavy atom. The number of nitrogens with zero attached hydrogens (tertiary/aromatic N) is 2. The Hall–Kier alpha value is -2.32. The third kappa shape index (κ3) is 3.86. The first-order valence-corrected chi connectivity index (χ1v) is 8.05. The molecule has 1 unspecified atom stereocenters. The zero-order valence-corrected chi connectivity index (χ0v) is 13.0. The number of amides is 1. The summed E-state index contributed by atoms with van der Waals surface area (Å²) >= 11 is 0. The maximum atomic E-state index is 12.1. The smallest absolute Gasteiger partial charge is 0.270 e. The van der Waals surface area contributed by atoms with Gasteiger partial charge in [0.25, 0.3) is 5.91 Å². The summed E-state index contributed by atoms with van der Waals surface area (Å²) in [6.07, 6.45) is 1.50. The number of hydrogen-bond donors (Lipinski definition) is 2. The molecule has 2 aromatic rings. The molecule has 22 heavy (non-hydrogen) atoms. The molecule has 1 atom stereocenters. The molecule has 3 N–H and O–H groups in total. The standard InChI is InChI=1S/C14H16N4O3S/c1-9(11-4-3-5-12(8-11)22(15,20)21)17-14(19)13-6-7-16-10(2)18-13/h3-9H,1-2H3,(H,17,19)(H2,15,20,21). The van der Waals surface area contributed by atoms with E-state index in [1.165, 1.54) is 24.4 Å². The molecule has 0 spiro atoms. The Bertz CT molecular complexity index is 805. The molecule has 0 aliphatic rings. The number of primary sulfonamides is 1. The summed E-state index contributed by atoms with van der Waals surface area (Å²) in [7, 11) is -3.78.